The van der Waals surface area contributed by atoms with E-state index in [4.69, 9.17) is 4.55 Å². The molecule has 0 saturated carbocycles. The normalized spacial score (nSPS) is 14.1. The van der Waals surface area contributed by atoms with E-state index in [0.717, 1.165) is 38.5 Å². The Hall–Kier alpha value is 0.910. The maximum atomic E-state index is 12.1. The molecular formula is C26H50N2Na2O9S2. The molecule has 3 N–H and O–H groups in total. The second kappa shape index (κ2) is 28.4. The fourth-order valence-electron chi connectivity index (χ4n) is 4.18. The van der Waals surface area contributed by atoms with Crippen LogP contribution in [0.1, 0.15) is 96.8 Å². The van der Waals surface area contributed by atoms with E-state index in [-0.39, 0.29) is 91.2 Å². The van der Waals surface area contributed by atoms with E-state index in [2.05, 4.69) is 24.1 Å². The van der Waals surface area contributed by atoms with Gasteiger partial charge in [-0.05, 0) is 44.4 Å². The van der Waals surface area contributed by atoms with Crippen LogP contribution in [0.15, 0.2) is 17.1 Å². The van der Waals surface area contributed by atoms with Gasteiger partial charge in [-0.1, -0.05) is 70.4 Å². The Kier molecular flexibility index (Phi) is 32.1. The zero-order valence-electron chi connectivity index (χ0n) is 25.5. The van der Waals surface area contributed by atoms with Crippen molar-refractivity contribution >= 4 is 26.1 Å². The summed E-state index contributed by atoms with van der Waals surface area (Å²) in [5.74, 6) is -2.30. The molecule has 0 rings (SSSR count). The molecule has 0 aromatic carbocycles. The molecular weight excluding hydrogens is 594 g/mol. The van der Waals surface area contributed by atoms with Crippen LogP contribution >= 0.6 is 0 Å². The van der Waals surface area contributed by atoms with Gasteiger partial charge in [0.25, 0.3) is 10.1 Å². The summed E-state index contributed by atoms with van der Waals surface area (Å²) in [5.41, 5.74) is 0. The Morgan fingerprint density at radius 3 is 1.76 bits per heavy atom. The van der Waals surface area contributed by atoms with Crippen LogP contribution in [0.5, 0.6) is 0 Å². The second-order valence-electron chi connectivity index (χ2n) is 10.1. The van der Waals surface area contributed by atoms with Gasteiger partial charge in [0.1, 0.15) is 5.75 Å². The van der Waals surface area contributed by atoms with Crippen LogP contribution in [-0.2, 0) is 20.2 Å². The van der Waals surface area contributed by atoms with Crippen LogP contribution < -0.4 is 64.2 Å². The predicted octanol–water partition coefficient (Wildman–Crippen LogP) is -3.75. The third kappa shape index (κ3) is 35.3. The fraction of sp³-hybridized carbons (Fsp3) is 0.885. The maximum Gasteiger partial charge on any atom is 1.00 e. The minimum atomic E-state index is -4.70. The Bertz CT molecular complexity index is 847. The first-order valence-corrected chi connectivity index (χ1v) is 17.3. The minimum Gasteiger partial charge on any atom is -0.862 e. The summed E-state index contributed by atoms with van der Waals surface area (Å²) >= 11 is 0. The van der Waals surface area contributed by atoms with E-state index in [9.17, 15) is 36.7 Å². The number of hydrogen-bond donors (Lipinski definition) is 3. The van der Waals surface area contributed by atoms with Crippen molar-refractivity contribution < 1.29 is 100 Å². The second-order valence-corrected chi connectivity index (χ2v) is 13.1. The van der Waals surface area contributed by atoms with Crippen molar-refractivity contribution in [2.75, 3.05) is 37.7 Å². The van der Waals surface area contributed by atoms with Crippen LogP contribution in [0, 0.1) is 0 Å². The minimum absolute atomic E-state index is 0. The number of unbranched alkanes of at least 4 members (excludes halogenated alkanes) is 11. The maximum absolute atomic E-state index is 12.1. The molecule has 0 aliphatic rings. The predicted molar refractivity (Wildman–Crippen MR) is 151 cm³/mol. The zero-order valence-corrected chi connectivity index (χ0v) is 31.1. The number of allylic oxidation sites excluding steroid dienone is 2. The first kappa shape index (κ1) is 46.3. The Morgan fingerprint density at radius 2 is 1.27 bits per heavy atom. The van der Waals surface area contributed by atoms with Gasteiger partial charge in [-0.2, -0.15) is 8.42 Å². The zero-order chi connectivity index (χ0) is 29.6. The van der Waals surface area contributed by atoms with Crippen molar-refractivity contribution in [2.45, 2.75) is 109 Å². The molecule has 0 aliphatic heterocycles. The summed E-state index contributed by atoms with van der Waals surface area (Å²) in [5, 5.41) is 31.8. The number of rotatable bonds is 26. The van der Waals surface area contributed by atoms with Crippen molar-refractivity contribution in [1.82, 2.24) is 4.90 Å². The molecule has 2 atom stereocenters. The average molecular weight is 645 g/mol. The Morgan fingerprint density at radius 1 is 0.805 bits per heavy atom. The number of aliphatic hydroxyl groups excluding tert-OH is 2. The van der Waals surface area contributed by atoms with Crippen molar-refractivity contribution in [1.29, 1.82) is 0 Å². The van der Waals surface area contributed by atoms with E-state index in [1.165, 1.54) is 43.4 Å². The molecule has 0 aliphatic carbocycles. The van der Waals surface area contributed by atoms with Crippen LogP contribution in [0.3, 0.4) is 0 Å². The Labute approximate surface area is 292 Å². The molecule has 232 valence electrons. The standard InChI is InChI=1S/C26H52N2O9S2.2Na/c1-2-3-4-5-6-7-8-9-10-11-12-13-14-15-16-17-26(31)27-18-19-28(20-24(29)22-38(32,33)34)21-25(30)23-39(35,36)37;;/h9-10,24-25,29-30H,2-8,11-23H2,1H3,(H,27,31)(H,32,33,34)(H,35,36,37);;/q;2*+1/p-2/b10-9-;;. The van der Waals surface area contributed by atoms with Gasteiger partial charge in [0, 0.05) is 19.6 Å². The third-order valence-corrected chi connectivity index (χ3v) is 7.69. The number of aliphatic hydroxyl groups is 2. The molecule has 15 heteroatoms. The molecule has 0 radical (unpaired) electrons. The van der Waals surface area contributed by atoms with E-state index < -0.39 is 43.9 Å². The van der Waals surface area contributed by atoms with Crippen LogP contribution in [0.4, 0.5) is 0 Å². The molecule has 2 unspecified atom stereocenters. The van der Waals surface area contributed by atoms with Gasteiger partial charge in [-0.15, -0.1) is 0 Å². The van der Waals surface area contributed by atoms with Crippen LogP contribution in [0.2, 0.25) is 0 Å². The molecule has 0 aromatic heterocycles. The molecule has 0 spiro atoms. The smallest absolute Gasteiger partial charge is 0.862 e. The summed E-state index contributed by atoms with van der Waals surface area (Å²) in [6.07, 6.45) is 16.8. The molecule has 0 bridgehead atoms. The summed E-state index contributed by atoms with van der Waals surface area (Å²) in [6, 6.07) is 0. The average Bonchev–Trinajstić information content (AvgIpc) is 2.79. The van der Waals surface area contributed by atoms with Crippen LogP contribution in [0.25, 0.3) is 0 Å². The fourth-order valence-corrected chi connectivity index (χ4v) is 5.35. The van der Waals surface area contributed by atoms with Gasteiger partial charge in [0.15, 0.2) is 0 Å². The first-order chi connectivity index (χ1) is 18.3. The molecule has 41 heavy (non-hydrogen) atoms. The van der Waals surface area contributed by atoms with Gasteiger partial charge in [-0.25, -0.2) is 8.42 Å². The van der Waals surface area contributed by atoms with Crippen molar-refractivity contribution in [3.8, 4) is 0 Å². The molecule has 0 amide bonds. The largest absolute Gasteiger partial charge is 1.00 e. The summed E-state index contributed by atoms with van der Waals surface area (Å²) in [7, 11) is -9.15. The van der Waals surface area contributed by atoms with E-state index in [1.807, 2.05) is 0 Å². The van der Waals surface area contributed by atoms with Crippen molar-refractivity contribution in [2.24, 2.45) is 4.99 Å². The van der Waals surface area contributed by atoms with E-state index >= 15 is 0 Å². The number of nitrogens with zero attached hydrogens (tertiary/aromatic N) is 2. The molecule has 0 saturated heterocycles. The van der Waals surface area contributed by atoms with Crippen molar-refractivity contribution in [3.05, 3.63) is 12.2 Å². The summed E-state index contributed by atoms with van der Waals surface area (Å²) in [4.78, 5) is 5.23. The van der Waals surface area contributed by atoms with E-state index in [1.54, 1.807) is 0 Å². The monoisotopic (exact) mass is 644 g/mol. The summed E-state index contributed by atoms with van der Waals surface area (Å²) < 4.78 is 63.4. The quantitative estimate of drug-likeness (QED) is 0.0211. The molecule has 11 nitrogen and oxygen atoms in total. The van der Waals surface area contributed by atoms with Gasteiger partial charge in [-0.3, -0.25) is 9.45 Å². The molecule has 0 aromatic rings. The van der Waals surface area contributed by atoms with Gasteiger partial charge in [0.2, 0.25) is 0 Å². The van der Waals surface area contributed by atoms with Gasteiger partial charge in [0.05, 0.1) is 34.6 Å². The summed E-state index contributed by atoms with van der Waals surface area (Å²) in [6.45, 7) is 1.52. The van der Waals surface area contributed by atoms with Gasteiger partial charge < -0.3 is 24.9 Å². The first-order valence-electron chi connectivity index (χ1n) is 14.1. The van der Waals surface area contributed by atoms with E-state index in [0.29, 0.717) is 12.8 Å². The SMILES string of the molecule is CCCCCCCC/C=C\CCCCCCCC([O-])=NCCN(CC(O)CS(=O)(=O)[O-])CC(O)CS(=O)(=O)O.[Na+].[Na+]. The molecule has 0 fully saturated rings. The number of aliphatic imine (C=N–C) groups is 1. The third-order valence-electron chi connectivity index (χ3n) is 6.09. The molecule has 0 heterocycles. The van der Waals surface area contributed by atoms with Crippen molar-refractivity contribution in [3.63, 3.8) is 0 Å². The van der Waals surface area contributed by atoms with Gasteiger partial charge >= 0.3 is 59.1 Å². The van der Waals surface area contributed by atoms with Crippen LogP contribution in [-0.4, -0.2) is 96.8 Å². The topological polar surface area (TPSA) is 191 Å². The number of hydrogen-bond acceptors (Lipinski definition) is 10. The Balaban J connectivity index is -0.00000722.